The largest absolute Gasteiger partial charge is 0.496 e. The maximum Gasteiger partial charge on any atom is 0.257 e. The number of ether oxygens (including phenoxy) is 1. The Morgan fingerprint density at radius 2 is 2.21 bits per heavy atom. The number of hydrogen-bond donors (Lipinski definition) is 1. The summed E-state index contributed by atoms with van der Waals surface area (Å²) < 4.78 is 5.30. The number of rotatable bonds is 6. The standard InChI is InChI=1S/C15H22N2O2/c1-11-4-7-14(19-2)13(10-11)15(18)17(9-3-8-16)12-5-6-12/h4,7,10,12H,3,5-6,8-9,16H2,1-2H3. The van der Waals surface area contributed by atoms with Crippen molar-refractivity contribution in [2.75, 3.05) is 20.2 Å². The van der Waals surface area contributed by atoms with Crippen LogP contribution in [0, 0.1) is 6.92 Å². The van der Waals surface area contributed by atoms with Crippen LogP contribution in [-0.2, 0) is 0 Å². The summed E-state index contributed by atoms with van der Waals surface area (Å²) in [6, 6.07) is 6.11. The van der Waals surface area contributed by atoms with Gasteiger partial charge in [0.25, 0.3) is 5.91 Å². The number of amides is 1. The minimum atomic E-state index is 0.0662. The smallest absolute Gasteiger partial charge is 0.257 e. The zero-order valence-corrected chi connectivity index (χ0v) is 11.7. The second-order valence-corrected chi connectivity index (χ2v) is 5.08. The number of methoxy groups -OCH3 is 1. The van der Waals surface area contributed by atoms with E-state index >= 15 is 0 Å². The van der Waals surface area contributed by atoms with Gasteiger partial charge in [-0.05, 0) is 44.9 Å². The molecule has 0 aliphatic heterocycles. The Kier molecular flexibility index (Phi) is 4.43. The van der Waals surface area contributed by atoms with Gasteiger partial charge in [0.1, 0.15) is 5.75 Å². The highest BCUT2D eigenvalue weighted by molar-refractivity contribution is 5.97. The van der Waals surface area contributed by atoms with E-state index in [-0.39, 0.29) is 5.91 Å². The monoisotopic (exact) mass is 262 g/mol. The Hall–Kier alpha value is -1.55. The van der Waals surface area contributed by atoms with Gasteiger partial charge >= 0.3 is 0 Å². The van der Waals surface area contributed by atoms with Crippen LogP contribution in [0.4, 0.5) is 0 Å². The van der Waals surface area contributed by atoms with E-state index in [1.165, 1.54) is 0 Å². The Labute approximate surface area is 114 Å². The third-order valence-electron chi connectivity index (χ3n) is 3.44. The number of aryl methyl sites for hydroxylation is 1. The lowest BCUT2D eigenvalue weighted by Gasteiger charge is -2.23. The summed E-state index contributed by atoms with van der Waals surface area (Å²) in [5.41, 5.74) is 7.28. The average Bonchev–Trinajstić information content (AvgIpc) is 3.23. The predicted octanol–water partition coefficient (Wildman–Crippen LogP) is 1.96. The lowest BCUT2D eigenvalue weighted by atomic mass is 10.1. The summed E-state index contributed by atoms with van der Waals surface area (Å²) in [5.74, 6) is 0.713. The Balaban J connectivity index is 2.22. The van der Waals surface area contributed by atoms with Crippen molar-refractivity contribution >= 4 is 5.91 Å². The molecule has 1 fully saturated rings. The SMILES string of the molecule is COc1ccc(C)cc1C(=O)N(CCCN)C1CC1. The fourth-order valence-corrected chi connectivity index (χ4v) is 2.24. The van der Waals surface area contributed by atoms with Crippen LogP contribution in [-0.4, -0.2) is 37.0 Å². The molecule has 0 spiro atoms. The van der Waals surface area contributed by atoms with Crippen molar-refractivity contribution in [3.8, 4) is 5.75 Å². The molecule has 0 aromatic heterocycles. The minimum absolute atomic E-state index is 0.0662. The van der Waals surface area contributed by atoms with Crippen molar-refractivity contribution in [2.45, 2.75) is 32.2 Å². The normalized spacial score (nSPS) is 14.3. The third kappa shape index (κ3) is 3.26. The van der Waals surface area contributed by atoms with Crippen molar-refractivity contribution in [1.82, 2.24) is 4.90 Å². The Morgan fingerprint density at radius 1 is 1.47 bits per heavy atom. The molecule has 0 saturated heterocycles. The van der Waals surface area contributed by atoms with Gasteiger partial charge < -0.3 is 15.4 Å². The maximum atomic E-state index is 12.7. The van der Waals surface area contributed by atoms with Gasteiger partial charge in [-0.3, -0.25) is 4.79 Å². The average molecular weight is 262 g/mol. The molecule has 0 atom stereocenters. The van der Waals surface area contributed by atoms with Gasteiger partial charge in [-0.1, -0.05) is 11.6 Å². The van der Waals surface area contributed by atoms with Crippen LogP contribution in [0.15, 0.2) is 18.2 Å². The van der Waals surface area contributed by atoms with Crippen LogP contribution in [0.1, 0.15) is 35.2 Å². The zero-order chi connectivity index (χ0) is 13.8. The molecule has 1 aliphatic carbocycles. The molecular weight excluding hydrogens is 240 g/mol. The summed E-state index contributed by atoms with van der Waals surface area (Å²) in [7, 11) is 1.60. The van der Waals surface area contributed by atoms with E-state index in [1.807, 2.05) is 30.0 Å². The van der Waals surface area contributed by atoms with Gasteiger partial charge in [-0.2, -0.15) is 0 Å². The first kappa shape index (κ1) is 13.9. The van der Waals surface area contributed by atoms with Crippen LogP contribution < -0.4 is 10.5 Å². The molecule has 19 heavy (non-hydrogen) atoms. The Bertz CT molecular complexity index is 455. The topological polar surface area (TPSA) is 55.6 Å². The van der Waals surface area contributed by atoms with Crippen molar-refractivity contribution < 1.29 is 9.53 Å². The molecule has 4 nitrogen and oxygen atoms in total. The van der Waals surface area contributed by atoms with Crippen molar-refractivity contribution in [2.24, 2.45) is 5.73 Å². The van der Waals surface area contributed by atoms with Crippen LogP contribution in [0.3, 0.4) is 0 Å². The molecule has 2 N–H and O–H groups in total. The van der Waals surface area contributed by atoms with Gasteiger partial charge in [0.15, 0.2) is 0 Å². The molecule has 4 heteroatoms. The van der Waals surface area contributed by atoms with E-state index in [1.54, 1.807) is 7.11 Å². The highest BCUT2D eigenvalue weighted by atomic mass is 16.5. The van der Waals surface area contributed by atoms with E-state index < -0.39 is 0 Å². The van der Waals surface area contributed by atoms with Crippen LogP contribution in [0.25, 0.3) is 0 Å². The molecule has 0 unspecified atom stereocenters. The first-order chi connectivity index (χ1) is 9.17. The molecule has 1 aromatic carbocycles. The summed E-state index contributed by atoms with van der Waals surface area (Å²) in [4.78, 5) is 14.6. The van der Waals surface area contributed by atoms with Crippen LogP contribution >= 0.6 is 0 Å². The lowest BCUT2D eigenvalue weighted by molar-refractivity contribution is 0.0738. The first-order valence-corrected chi connectivity index (χ1v) is 6.83. The Morgan fingerprint density at radius 3 is 2.79 bits per heavy atom. The van der Waals surface area contributed by atoms with Crippen LogP contribution in [0.2, 0.25) is 0 Å². The van der Waals surface area contributed by atoms with E-state index in [2.05, 4.69) is 0 Å². The number of benzene rings is 1. The second-order valence-electron chi connectivity index (χ2n) is 5.08. The van der Waals surface area contributed by atoms with Gasteiger partial charge in [0.2, 0.25) is 0 Å². The molecule has 1 aliphatic rings. The zero-order valence-electron chi connectivity index (χ0n) is 11.7. The van der Waals surface area contributed by atoms with Crippen molar-refractivity contribution in [3.05, 3.63) is 29.3 Å². The molecule has 0 bridgehead atoms. The summed E-state index contributed by atoms with van der Waals surface area (Å²) in [6.07, 6.45) is 3.05. The second kappa shape index (κ2) is 6.06. The third-order valence-corrected chi connectivity index (χ3v) is 3.44. The molecule has 104 valence electrons. The number of nitrogens with zero attached hydrogens (tertiary/aromatic N) is 1. The number of carbonyl (C=O) groups is 1. The highest BCUT2D eigenvalue weighted by Crippen LogP contribution is 2.30. The maximum absolute atomic E-state index is 12.7. The first-order valence-electron chi connectivity index (χ1n) is 6.83. The van der Waals surface area contributed by atoms with Crippen molar-refractivity contribution in [3.63, 3.8) is 0 Å². The van der Waals surface area contributed by atoms with Crippen molar-refractivity contribution in [1.29, 1.82) is 0 Å². The van der Waals surface area contributed by atoms with Gasteiger partial charge in [0.05, 0.1) is 12.7 Å². The fraction of sp³-hybridized carbons (Fsp3) is 0.533. The quantitative estimate of drug-likeness (QED) is 0.852. The summed E-state index contributed by atoms with van der Waals surface area (Å²) >= 11 is 0. The molecule has 1 saturated carbocycles. The summed E-state index contributed by atoms with van der Waals surface area (Å²) in [5, 5.41) is 0. The van der Waals surface area contributed by atoms with E-state index in [0.29, 0.717) is 23.9 Å². The van der Waals surface area contributed by atoms with Gasteiger partial charge in [0, 0.05) is 12.6 Å². The molecule has 2 rings (SSSR count). The van der Waals surface area contributed by atoms with E-state index in [0.717, 1.165) is 31.4 Å². The molecule has 1 aromatic rings. The molecule has 0 radical (unpaired) electrons. The number of nitrogens with two attached hydrogens (primary N) is 1. The van der Waals surface area contributed by atoms with E-state index in [9.17, 15) is 4.79 Å². The van der Waals surface area contributed by atoms with Gasteiger partial charge in [-0.15, -0.1) is 0 Å². The minimum Gasteiger partial charge on any atom is -0.496 e. The van der Waals surface area contributed by atoms with E-state index in [4.69, 9.17) is 10.5 Å². The predicted molar refractivity (Wildman–Crippen MR) is 75.5 cm³/mol. The molecule has 0 heterocycles. The molecule has 1 amide bonds. The fourth-order valence-electron chi connectivity index (χ4n) is 2.24. The van der Waals surface area contributed by atoms with Gasteiger partial charge in [-0.25, -0.2) is 0 Å². The van der Waals surface area contributed by atoms with Crippen LogP contribution in [0.5, 0.6) is 5.75 Å². The summed E-state index contributed by atoms with van der Waals surface area (Å²) in [6.45, 7) is 3.33. The highest BCUT2D eigenvalue weighted by Gasteiger charge is 2.33. The number of hydrogen-bond acceptors (Lipinski definition) is 3. The number of carbonyl (C=O) groups excluding carboxylic acids is 1. The lowest BCUT2D eigenvalue weighted by Crippen LogP contribution is -2.35. The molecular formula is C15H22N2O2.